The van der Waals surface area contributed by atoms with Crippen LogP contribution in [0, 0.1) is 5.41 Å². The van der Waals surface area contributed by atoms with E-state index in [1.807, 2.05) is 53.9 Å². The Balaban J connectivity index is 1.14. The van der Waals surface area contributed by atoms with Gasteiger partial charge in [-0.15, -0.1) is 11.3 Å². The summed E-state index contributed by atoms with van der Waals surface area (Å²) in [6.07, 6.45) is 4.35. The van der Waals surface area contributed by atoms with Crippen LogP contribution in [0.15, 0.2) is 53.9 Å². The first-order valence-electron chi connectivity index (χ1n) is 13.0. The van der Waals surface area contributed by atoms with Crippen LogP contribution in [0.5, 0.6) is 5.75 Å². The third-order valence-electron chi connectivity index (χ3n) is 7.34. The molecule has 8 heteroatoms. The van der Waals surface area contributed by atoms with E-state index in [9.17, 15) is 14.7 Å². The fourth-order valence-corrected chi connectivity index (χ4v) is 6.17. The number of hydrogen-bond donors (Lipinski definition) is 2. The normalized spacial score (nSPS) is 16.4. The Labute approximate surface area is 221 Å². The zero-order valence-electron chi connectivity index (χ0n) is 20.9. The molecule has 1 aromatic heterocycles. The molecule has 1 aliphatic carbocycles. The largest absolute Gasteiger partial charge is 0.494 e. The monoisotopic (exact) mass is 519 g/mol. The molecule has 0 unspecified atom stereocenters. The molecule has 0 radical (unpaired) electrons. The number of carbonyl (C=O) groups excluding carboxylic acids is 1. The number of hydrogen-bond acceptors (Lipinski definition) is 6. The van der Waals surface area contributed by atoms with E-state index < -0.39 is 11.4 Å². The molecule has 1 saturated heterocycles. The van der Waals surface area contributed by atoms with Crippen molar-refractivity contribution in [2.45, 2.75) is 45.1 Å². The summed E-state index contributed by atoms with van der Waals surface area (Å²) in [6.45, 7) is 4.52. The van der Waals surface area contributed by atoms with Crippen LogP contribution in [0.25, 0.3) is 11.3 Å². The van der Waals surface area contributed by atoms with Crippen LogP contribution in [0.1, 0.15) is 41.8 Å². The quantitative estimate of drug-likeness (QED) is 0.361. The second-order valence-electron chi connectivity index (χ2n) is 10.1. The number of benzene rings is 2. The van der Waals surface area contributed by atoms with Gasteiger partial charge < -0.3 is 20.1 Å². The van der Waals surface area contributed by atoms with Crippen molar-refractivity contribution < 1.29 is 19.4 Å². The highest BCUT2D eigenvalue weighted by Crippen LogP contribution is 2.40. The van der Waals surface area contributed by atoms with Gasteiger partial charge in [0.15, 0.2) is 0 Å². The minimum atomic E-state index is -0.960. The van der Waals surface area contributed by atoms with Gasteiger partial charge in [-0.3, -0.25) is 9.59 Å². The van der Waals surface area contributed by atoms with E-state index >= 15 is 0 Å². The van der Waals surface area contributed by atoms with E-state index in [4.69, 9.17) is 9.72 Å². The topological polar surface area (TPSA) is 91.8 Å². The number of ether oxygens (including phenoxy) is 1. The van der Waals surface area contributed by atoms with Crippen LogP contribution in [0.4, 0.5) is 0 Å². The maximum absolute atomic E-state index is 13.2. The number of nitrogens with one attached hydrogen (secondary N) is 1. The molecular formula is C29H33N3O4S. The average molecular weight is 520 g/mol. The van der Waals surface area contributed by atoms with Gasteiger partial charge in [0.25, 0.3) is 0 Å². The van der Waals surface area contributed by atoms with Crippen molar-refractivity contribution in [3.8, 4) is 17.0 Å². The minimum absolute atomic E-state index is 0.191. The molecule has 2 aliphatic rings. The summed E-state index contributed by atoms with van der Waals surface area (Å²) in [5.74, 6) is -0.332. The maximum atomic E-state index is 13.2. The Bertz CT molecular complexity index is 1210. The molecule has 1 aliphatic heterocycles. The third-order valence-corrected chi connectivity index (χ3v) is 8.18. The lowest BCUT2D eigenvalue weighted by Crippen LogP contribution is -2.43. The van der Waals surface area contributed by atoms with E-state index in [-0.39, 0.29) is 18.9 Å². The smallest absolute Gasteiger partial charge is 0.304 e. The molecule has 2 N–H and O–H groups in total. The van der Waals surface area contributed by atoms with Crippen molar-refractivity contribution in [1.29, 1.82) is 0 Å². The molecule has 0 spiro atoms. The predicted octanol–water partition coefficient (Wildman–Crippen LogP) is 4.55. The van der Waals surface area contributed by atoms with Crippen molar-refractivity contribution in [3.05, 3.63) is 70.0 Å². The molecule has 5 rings (SSSR count). The molecule has 0 bridgehead atoms. The molecule has 1 fully saturated rings. The number of carbonyl (C=O) groups is 2. The van der Waals surface area contributed by atoms with Crippen molar-refractivity contribution in [1.82, 2.24) is 15.2 Å². The lowest BCUT2D eigenvalue weighted by atomic mass is 9.80. The van der Waals surface area contributed by atoms with Gasteiger partial charge in [0.1, 0.15) is 10.8 Å². The van der Waals surface area contributed by atoms with Gasteiger partial charge in [0.2, 0.25) is 5.91 Å². The average Bonchev–Trinajstić information content (AvgIpc) is 3.65. The number of carboxylic acids is 1. The Kier molecular flexibility index (Phi) is 7.86. The number of aliphatic carboxylic acids is 1. The fraction of sp³-hybridized carbons (Fsp3) is 0.414. The zero-order chi connectivity index (χ0) is 25.7. The second kappa shape index (κ2) is 11.4. The van der Waals surface area contributed by atoms with Gasteiger partial charge in [-0.25, -0.2) is 4.98 Å². The Morgan fingerprint density at radius 3 is 2.43 bits per heavy atom. The van der Waals surface area contributed by atoms with Crippen LogP contribution in [0.3, 0.4) is 0 Å². The van der Waals surface area contributed by atoms with Gasteiger partial charge in [-0.05, 0) is 80.6 Å². The van der Waals surface area contributed by atoms with Crippen molar-refractivity contribution in [2.24, 2.45) is 5.41 Å². The molecule has 0 atom stereocenters. The van der Waals surface area contributed by atoms with Gasteiger partial charge >= 0.3 is 5.97 Å². The van der Waals surface area contributed by atoms with Crippen molar-refractivity contribution in [3.63, 3.8) is 0 Å². The van der Waals surface area contributed by atoms with Gasteiger partial charge in [0.05, 0.1) is 30.7 Å². The van der Waals surface area contributed by atoms with Crippen molar-refractivity contribution >= 4 is 23.2 Å². The number of aromatic nitrogens is 1. The summed E-state index contributed by atoms with van der Waals surface area (Å²) in [4.78, 5) is 32.0. The highest BCUT2D eigenvalue weighted by atomic mass is 32.1. The molecule has 3 aromatic rings. The standard InChI is InChI=1S/C29H33N3O4S/c33-27(34)18-29(16-22-6-1-2-7-23(22)17-29)28(35)30-19-26-31-25(20-37-26)21-8-10-24(11-9-21)36-15-5-14-32-12-3-4-13-32/h1-2,6-11,20H,3-5,12-19H2,(H,30,35)(H,33,34). The summed E-state index contributed by atoms with van der Waals surface area (Å²) in [6, 6.07) is 15.8. The second-order valence-corrected chi connectivity index (χ2v) is 11.0. The van der Waals surface area contributed by atoms with Crippen LogP contribution in [-0.4, -0.2) is 53.1 Å². The zero-order valence-corrected chi connectivity index (χ0v) is 21.8. The van der Waals surface area contributed by atoms with Gasteiger partial charge in [-0.1, -0.05) is 24.3 Å². The van der Waals surface area contributed by atoms with Crippen LogP contribution in [-0.2, 0) is 29.0 Å². The molecular weight excluding hydrogens is 486 g/mol. The fourth-order valence-electron chi connectivity index (χ4n) is 5.42. The number of nitrogens with zero attached hydrogens (tertiary/aromatic N) is 2. The van der Waals surface area contributed by atoms with Crippen LogP contribution >= 0.6 is 11.3 Å². The molecule has 194 valence electrons. The summed E-state index contributed by atoms with van der Waals surface area (Å²) in [5.41, 5.74) is 2.99. The molecule has 1 amide bonds. The first kappa shape index (κ1) is 25.4. The SMILES string of the molecule is O=C(O)CC1(C(=O)NCc2nc(-c3ccc(OCCCN4CCCC4)cc3)cs2)Cc2ccccc2C1. The Morgan fingerprint density at radius 1 is 1.05 bits per heavy atom. The number of amides is 1. The molecule has 7 nitrogen and oxygen atoms in total. The first-order chi connectivity index (χ1) is 18.0. The minimum Gasteiger partial charge on any atom is -0.494 e. The van der Waals surface area contributed by atoms with Crippen LogP contribution < -0.4 is 10.1 Å². The lowest BCUT2D eigenvalue weighted by molar-refractivity contribution is -0.145. The molecule has 2 aromatic carbocycles. The molecule has 37 heavy (non-hydrogen) atoms. The van der Waals surface area contributed by atoms with E-state index in [0.29, 0.717) is 19.4 Å². The highest BCUT2D eigenvalue weighted by Gasteiger charge is 2.45. The van der Waals surface area contributed by atoms with Gasteiger partial charge in [-0.2, -0.15) is 0 Å². The Hall–Kier alpha value is -3.23. The highest BCUT2D eigenvalue weighted by molar-refractivity contribution is 7.09. The number of likely N-dealkylation sites (tertiary alicyclic amines) is 1. The summed E-state index contributed by atoms with van der Waals surface area (Å²) in [7, 11) is 0. The van der Waals surface area contributed by atoms with E-state index in [0.717, 1.165) is 46.1 Å². The van der Waals surface area contributed by atoms with E-state index in [1.54, 1.807) is 0 Å². The van der Waals surface area contributed by atoms with Gasteiger partial charge in [0, 0.05) is 17.5 Å². The van der Waals surface area contributed by atoms with Crippen LogP contribution in [0.2, 0.25) is 0 Å². The number of carboxylic acid groups (broad SMARTS) is 1. The number of fused-ring (bicyclic) bond motifs is 1. The lowest BCUT2D eigenvalue weighted by Gasteiger charge is -2.25. The number of rotatable bonds is 11. The third kappa shape index (κ3) is 6.19. The number of thiazole rings is 1. The first-order valence-corrected chi connectivity index (χ1v) is 13.9. The summed E-state index contributed by atoms with van der Waals surface area (Å²) < 4.78 is 5.90. The predicted molar refractivity (Wildman–Crippen MR) is 144 cm³/mol. The Morgan fingerprint density at radius 2 is 1.76 bits per heavy atom. The van der Waals surface area contributed by atoms with E-state index in [2.05, 4.69) is 10.2 Å². The molecule has 2 heterocycles. The summed E-state index contributed by atoms with van der Waals surface area (Å²) in [5, 5.41) is 15.2. The molecule has 0 saturated carbocycles. The maximum Gasteiger partial charge on any atom is 0.304 e. The van der Waals surface area contributed by atoms with Crippen molar-refractivity contribution in [2.75, 3.05) is 26.2 Å². The van der Waals surface area contributed by atoms with E-state index in [1.165, 1.54) is 37.3 Å². The summed E-state index contributed by atoms with van der Waals surface area (Å²) >= 11 is 1.48.